The minimum absolute atomic E-state index is 0. The fourth-order valence-electron chi connectivity index (χ4n) is 2.55. The molecule has 0 radical (unpaired) electrons. The quantitative estimate of drug-likeness (QED) is 0.312. The molecule has 228 valence electrons. The summed E-state index contributed by atoms with van der Waals surface area (Å²) in [4.78, 5) is 42.6. The molecule has 0 spiro atoms. The molecule has 0 heterocycles. The van der Waals surface area contributed by atoms with Crippen molar-refractivity contribution in [1.29, 1.82) is 0 Å². The average molecular weight is 597 g/mol. The van der Waals surface area contributed by atoms with Gasteiger partial charge in [-0.15, -0.1) is 12.2 Å². The molecule has 0 fully saturated rings. The Labute approximate surface area is 250 Å². The predicted molar refractivity (Wildman–Crippen MR) is 138 cm³/mol. The number of hydrogen-bond acceptors (Lipinski definition) is 8. The van der Waals surface area contributed by atoms with E-state index in [0.29, 0.717) is 25.7 Å². The summed E-state index contributed by atoms with van der Waals surface area (Å²) in [5.74, 6) is -3.89. The molecule has 0 amide bonds. The molecule has 0 aliphatic heterocycles. The summed E-state index contributed by atoms with van der Waals surface area (Å²) in [7, 11) is 0. The van der Waals surface area contributed by atoms with Crippen molar-refractivity contribution >= 4 is 23.9 Å². The molecule has 11 heteroatoms. The zero-order chi connectivity index (χ0) is 31.7. The summed E-state index contributed by atoms with van der Waals surface area (Å²) in [6.07, 6.45) is 1.28. The molecule has 0 unspecified atom stereocenters. The summed E-state index contributed by atoms with van der Waals surface area (Å²) < 4.78 is 0. The van der Waals surface area contributed by atoms with Crippen molar-refractivity contribution in [2.24, 2.45) is 21.7 Å². The van der Waals surface area contributed by atoms with E-state index in [1.807, 2.05) is 13.8 Å². The van der Waals surface area contributed by atoms with Crippen molar-refractivity contribution in [3.8, 4) is 0 Å². The average Bonchev–Trinajstić information content (AvgIpc) is 2.66. The zero-order valence-electron chi connectivity index (χ0n) is 26.1. The first-order chi connectivity index (χ1) is 16.7. The maximum absolute atomic E-state index is 11.0. The molecule has 2 N–H and O–H groups in total. The zero-order valence-corrected chi connectivity index (χ0v) is 27.6. The summed E-state index contributed by atoms with van der Waals surface area (Å²) in [5.41, 5.74) is -2.72. The Morgan fingerprint density at radius 2 is 0.923 bits per heavy atom. The van der Waals surface area contributed by atoms with Gasteiger partial charge in [0.15, 0.2) is 0 Å². The molecule has 0 aliphatic carbocycles. The van der Waals surface area contributed by atoms with Crippen molar-refractivity contribution in [3.05, 3.63) is 0 Å². The first-order valence-electron chi connectivity index (χ1n) is 12.9. The molecular weight excluding hydrogens is 544 g/mol. The van der Waals surface area contributed by atoms with E-state index in [4.69, 9.17) is 10.2 Å². The second-order valence-corrected chi connectivity index (χ2v) is 12.2. The van der Waals surface area contributed by atoms with Crippen LogP contribution >= 0.6 is 0 Å². The van der Waals surface area contributed by atoms with Crippen LogP contribution in [0.1, 0.15) is 122 Å². The number of carboxylic acids is 4. The van der Waals surface area contributed by atoms with E-state index in [-0.39, 0.29) is 34.6 Å². The van der Waals surface area contributed by atoms with Gasteiger partial charge in [-0.05, 0) is 56.8 Å². The smallest absolute Gasteiger partial charge is 0.852 e. The molecule has 0 bridgehead atoms. The Bertz CT molecular complexity index is 646. The molecule has 0 atom stereocenters. The van der Waals surface area contributed by atoms with Crippen molar-refractivity contribution in [3.63, 3.8) is 0 Å². The van der Waals surface area contributed by atoms with Crippen LogP contribution in [0.3, 0.4) is 0 Å². The van der Waals surface area contributed by atoms with Crippen molar-refractivity contribution in [2.45, 2.75) is 134 Å². The number of aliphatic carboxylic acids is 4. The van der Waals surface area contributed by atoms with E-state index >= 15 is 0 Å². The number of rotatable bonds is 12. The number of carboxylic acid groups (broad SMARTS) is 4. The fraction of sp³-hybridized carbons (Fsp3) is 0.857. The third kappa shape index (κ3) is 24.1. The van der Waals surface area contributed by atoms with Crippen molar-refractivity contribution < 1.29 is 71.5 Å². The third-order valence-electron chi connectivity index (χ3n) is 6.80. The Kier molecular flexibility index (Phi) is 25.8. The van der Waals surface area contributed by atoms with E-state index in [2.05, 4.69) is 0 Å². The monoisotopic (exact) mass is 596 g/mol. The Hall–Kier alpha value is -1.49. The molecule has 0 saturated heterocycles. The molecule has 39 heavy (non-hydrogen) atoms. The standard InChI is InChI=1S/2C11H20O4.2C3H7O.Ti/c2*1-10(2,7-5-6-8(12)13)11(3,4)9(14)15;2*1-3(2)4;/h2*5-7H2,1-4H3,(H,12,13)(H,14,15);2*3H,1-2H3;/q;;2*-1;+4/p-2. The molecule has 0 aromatic carbocycles. The number of carbonyl (C=O) groups is 4. The maximum Gasteiger partial charge on any atom is 4.00 e. The van der Waals surface area contributed by atoms with E-state index in [0.717, 1.165) is 0 Å². The summed E-state index contributed by atoms with van der Waals surface area (Å²) in [5, 5.41) is 57.8. The van der Waals surface area contributed by atoms with Crippen LogP contribution in [-0.2, 0) is 40.9 Å². The van der Waals surface area contributed by atoms with Crippen LogP contribution in [0.2, 0.25) is 0 Å². The van der Waals surface area contributed by atoms with Gasteiger partial charge in [0.2, 0.25) is 0 Å². The topological polar surface area (TPSA) is 201 Å². The molecule has 10 nitrogen and oxygen atoms in total. The van der Waals surface area contributed by atoms with Gasteiger partial charge in [-0.25, -0.2) is 0 Å². The van der Waals surface area contributed by atoms with Crippen LogP contribution in [0.25, 0.3) is 0 Å². The Morgan fingerprint density at radius 1 is 0.641 bits per heavy atom. The second-order valence-electron chi connectivity index (χ2n) is 12.2. The van der Waals surface area contributed by atoms with Crippen LogP contribution in [0.4, 0.5) is 0 Å². The minimum atomic E-state index is -1.11. The van der Waals surface area contributed by atoms with Crippen LogP contribution in [0.5, 0.6) is 0 Å². The van der Waals surface area contributed by atoms with Gasteiger partial charge < -0.3 is 40.2 Å². The summed E-state index contributed by atoms with van der Waals surface area (Å²) in [6, 6.07) is 0. The van der Waals surface area contributed by atoms with Gasteiger partial charge in [-0.1, -0.05) is 69.2 Å². The number of hydrogen-bond donors (Lipinski definition) is 2. The molecular formula is C28H52O10Ti. The number of carbonyl (C=O) groups excluding carboxylic acids is 2. The van der Waals surface area contributed by atoms with E-state index in [9.17, 15) is 39.6 Å². The van der Waals surface area contributed by atoms with E-state index in [1.54, 1.807) is 69.2 Å². The first-order valence-corrected chi connectivity index (χ1v) is 12.9. The third-order valence-corrected chi connectivity index (χ3v) is 6.80. The normalized spacial score (nSPS) is 11.5. The van der Waals surface area contributed by atoms with Gasteiger partial charge in [-0.3, -0.25) is 9.59 Å². The molecule has 0 aliphatic rings. The molecule has 0 aromatic rings. The van der Waals surface area contributed by atoms with Gasteiger partial charge in [0.25, 0.3) is 0 Å². The van der Waals surface area contributed by atoms with Gasteiger partial charge in [0, 0.05) is 23.8 Å². The molecule has 0 aromatic heterocycles. The summed E-state index contributed by atoms with van der Waals surface area (Å²) in [6.45, 7) is 20.3. The SMILES string of the molecule is CC(C)(CCCC(=O)O)C(C)(C)C(=O)O.CC(C)(CCCC(=O)[O-])C(C)(C)C(=O)[O-].CC(C)[O-].CC(C)[O-].[Ti+4]. The maximum atomic E-state index is 11.0. The summed E-state index contributed by atoms with van der Waals surface area (Å²) >= 11 is 0. The van der Waals surface area contributed by atoms with E-state index < -0.39 is 57.7 Å². The van der Waals surface area contributed by atoms with Crippen LogP contribution in [0, 0.1) is 21.7 Å². The van der Waals surface area contributed by atoms with Crippen LogP contribution in [0.15, 0.2) is 0 Å². The van der Waals surface area contributed by atoms with Crippen LogP contribution in [-0.4, -0.2) is 46.3 Å². The fourth-order valence-corrected chi connectivity index (χ4v) is 2.55. The molecule has 0 saturated carbocycles. The Balaban J connectivity index is -0.000000152. The van der Waals surface area contributed by atoms with Crippen molar-refractivity contribution in [1.82, 2.24) is 0 Å². The predicted octanol–water partition coefficient (Wildman–Crippen LogP) is 1.59. The van der Waals surface area contributed by atoms with Gasteiger partial charge >= 0.3 is 33.7 Å². The van der Waals surface area contributed by atoms with Gasteiger partial charge in [0.1, 0.15) is 0 Å². The van der Waals surface area contributed by atoms with Crippen LogP contribution < -0.4 is 20.4 Å². The first kappa shape index (κ1) is 47.3. The van der Waals surface area contributed by atoms with Gasteiger partial charge in [0.05, 0.1) is 5.41 Å². The second kappa shape index (κ2) is 21.3. The largest absolute Gasteiger partial charge is 4.00 e. The molecule has 0 rings (SSSR count). The Morgan fingerprint density at radius 3 is 1.15 bits per heavy atom. The van der Waals surface area contributed by atoms with E-state index in [1.165, 1.54) is 0 Å². The van der Waals surface area contributed by atoms with Crippen molar-refractivity contribution in [2.75, 3.05) is 0 Å². The minimum Gasteiger partial charge on any atom is -0.852 e. The van der Waals surface area contributed by atoms with Gasteiger partial charge in [-0.2, -0.15) is 0 Å².